The predicted octanol–water partition coefficient (Wildman–Crippen LogP) is 1.78. The number of hydrogen-bond donors (Lipinski definition) is 1. The van der Waals surface area contributed by atoms with E-state index in [0.29, 0.717) is 18.5 Å². The normalized spacial score (nSPS) is 22.5. The van der Waals surface area contributed by atoms with Gasteiger partial charge in [0.15, 0.2) is 0 Å². The minimum atomic E-state index is -1.06. The van der Waals surface area contributed by atoms with Gasteiger partial charge in [0.1, 0.15) is 5.41 Å². The number of hydrogen-bond acceptors (Lipinski definition) is 4. The van der Waals surface area contributed by atoms with Crippen LogP contribution in [0.1, 0.15) is 44.3 Å². The number of rotatable bonds is 2. The molecule has 1 spiro atoms. The molecule has 1 aromatic rings. The van der Waals surface area contributed by atoms with Crippen molar-refractivity contribution in [1.29, 1.82) is 0 Å². The highest BCUT2D eigenvalue weighted by molar-refractivity contribution is 6.19. The van der Waals surface area contributed by atoms with Crippen LogP contribution in [0, 0.1) is 5.41 Å². The van der Waals surface area contributed by atoms with E-state index < -0.39 is 23.4 Å². The van der Waals surface area contributed by atoms with Gasteiger partial charge in [-0.25, -0.2) is 4.79 Å². The first kappa shape index (κ1) is 13.7. The molecule has 2 fully saturated rings. The van der Waals surface area contributed by atoms with Gasteiger partial charge in [-0.05, 0) is 31.9 Å². The molecule has 21 heavy (non-hydrogen) atoms. The standard InChI is InChI=1S/C15H17N3O3/c1-10(11-6-2-5-9-16-11)18-13(20)15(7-3-4-8-15)12(19)17-14(18)21/h2,5-6,9-10H,3-4,7-8H2,1H3,(H,17,19,21). The van der Waals surface area contributed by atoms with Crippen LogP contribution in [0.15, 0.2) is 24.4 Å². The second kappa shape index (κ2) is 4.95. The summed E-state index contributed by atoms with van der Waals surface area (Å²) >= 11 is 0. The molecule has 0 bridgehead atoms. The van der Waals surface area contributed by atoms with Crippen molar-refractivity contribution in [3.8, 4) is 0 Å². The number of carbonyl (C=O) groups excluding carboxylic acids is 3. The Kier molecular flexibility index (Phi) is 3.23. The van der Waals surface area contributed by atoms with Gasteiger partial charge in [0, 0.05) is 6.20 Å². The molecule has 1 saturated carbocycles. The Bertz CT molecular complexity index is 593. The minimum Gasteiger partial charge on any atom is -0.277 e. The van der Waals surface area contributed by atoms with Crippen molar-refractivity contribution in [2.45, 2.75) is 38.6 Å². The number of nitrogens with one attached hydrogen (secondary N) is 1. The van der Waals surface area contributed by atoms with E-state index in [-0.39, 0.29) is 5.91 Å². The molecule has 3 rings (SSSR count). The summed E-state index contributed by atoms with van der Waals surface area (Å²) in [6.45, 7) is 1.75. The van der Waals surface area contributed by atoms with Gasteiger partial charge in [0.05, 0.1) is 11.7 Å². The molecule has 4 amide bonds. The zero-order chi connectivity index (χ0) is 15.0. The average Bonchev–Trinajstić information content (AvgIpc) is 2.97. The highest BCUT2D eigenvalue weighted by atomic mass is 16.2. The quantitative estimate of drug-likeness (QED) is 0.841. The Labute approximate surface area is 122 Å². The van der Waals surface area contributed by atoms with E-state index in [9.17, 15) is 14.4 Å². The zero-order valence-corrected chi connectivity index (χ0v) is 11.8. The van der Waals surface area contributed by atoms with E-state index in [1.165, 1.54) is 0 Å². The summed E-state index contributed by atoms with van der Waals surface area (Å²) in [5.74, 6) is -0.827. The maximum atomic E-state index is 12.8. The van der Waals surface area contributed by atoms with Gasteiger partial charge < -0.3 is 0 Å². The fourth-order valence-corrected chi connectivity index (χ4v) is 3.22. The van der Waals surface area contributed by atoms with Crippen LogP contribution in [0.4, 0.5) is 4.79 Å². The molecule has 0 aromatic carbocycles. The molecule has 1 unspecified atom stereocenters. The van der Waals surface area contributed by atoms with E-state index in [0.717, 1.165) is 17.7 Å². The number of urea groups is 1. The summed E-state index contributed by atoms with van der Waals surface area (Å²) in [6, 6.07) is 4.20. The first-order valence-electron chi connectivity index (χ1n) is 7.16. The number of barbiturate groups is 1. The second-order valence-electron chi connectivity index (χ2n) is 5.65. The van der Waals surface area contributed by atoms with E-state index >= 15 is 0 Å². The molecule has 1 aromatic heterocycles. The lowest BCUT2D eigenvalue weighted by molar-refractivity contribution is -0.152. The van der Waals surface area contributed by atoms with Crippen LogP contribution >= 0.6 is 0 Å². The first-order chi connectivity index (χ1) is 10.1. The van der Waals surface area contributed by atoms with E-state index in [2.05, 4.69) is 10.3 Å². The lowest BCUT2D eigenvalue weighted by atomic mass is 9.81. The molecule has 1 N–H and O–H groups in total. The van der Waals surface area contributed by atoms with Crippen molar-refractivity contribution in [2.75, 3.05) is 0 Å². The molecule has 6 nitrogen and oxygen atoms in total. The van der Waals surface area contributed by atoms with Crippen molar-refractivity contribution in [3.05, 3.63) is 30.1 Å². The fraction of sp³-hybridized carbons (Fsp3) is 0.467. The van der Waals surface area contributed by atoms with Crippen molar-refractivity contribution in [2.24, 2.45) is 5.41 Å². The SMILES string of the molecule is CC(c1ccccn1)N1C(=O)NC(=O)C2(CCCC2)C1=O. The molecule has 1 saturated heterocycles. The number of aromatic nitrogens is 1. The lowest BCUT2D eigenvalue weighted by Gasteiger charge is -2.39. The van der Waals surface area contributed by atoms with Crippen LogP contribution in [0.5, 0.6) is 0 Å². The Morgan fingerprint density at radius 3 is 2.57 bits per heavy atom. The highest BCUT2D eigenvalue weighted by Gasteiger charge is 2.56. The smallest absolute Gasteiger partial charge is 0.277 e. The number of nitrogens with zero attached hydrogens (tertiary/aromatic N) is 2. The molecule has 0 radical (unpaired) electrons. The number of pyridine rings is 1. The molecule has 2 aliphatic rings. The van der Waals surface area contributed by atoms with E-state index in [1.807, 2.05) is 6.07 Å². The Balaban J connectivity index is 1.96. The van der Waals surface area contributed by atoms with Gasteiger partial charge in [-0.1, -0.05) is 18.9 Å². The van der Waals surface area contributed by atoms with Crippen molar-refractivity contribution < 1.29 is 14.4 Å². The van der Waals surface area contributed by atoms with Crippen LogP contribution in [-0.2, 0) is 9.59 Å². The van der Waals surface area contributed by atoms with Crippen molar-refractivity contribution >= 4 is 17.8 Å². The van der Waals surface area contributed by atoms with Gasteiger partial charge in [-0.3, -0.25) is 24.8 Å². The van der Waals surface area contributed by atoms with Gasteiger partial charge in [0.25, 0.3) is 0 Å². The summed E-state index contributed by atoms with van der Waals surface area (Å²) in [7, 11) is 0. The first-order valence-corrected chi connectivity index (χ1v) is 7.16. The summed E-state index contributed by atoms with van der Waals surface area (Å²) in [4.78, 5) is 42.4. The summed E-state index contributed by atoms with van der Waals surface area (Å²) in [5, 5.41) is 2.34. The van der Waals surface area contributed by atoms with E-state index in [4.69, 9.17) is 0 Å². The number of carbonyl (C=O) groups is 3. The van der Waals surface area contributed by atoms with Crippen LogP contribution in [0.25, 0.3) is 0 Å². The van der Waals surface area contributed by atoms with E-state index in [1.54, 1.807) is 25.3 Å². The number of amides is 4. The summed E-state index contributed by atoms with van der Waals surface area (Å²) in [6.07, 6.45) is 4.31. The van der Waals surface area contributed by atoms with Crippen LogP contribution in [0.2, 0.25) is 0 Å². The molecule has 6 heteroatoms. The Morgan fingerprint density at radius 2 is 1.95 bits per heavy atom. The van der Waals surface area contributed by atoms with Crippen LogP contribution < -0.4 is 5.32 Å². The van der Waals surface area contributed by atoms with Crippen LogP contribution in [0.3, 0.4) is 0 Å². The van der Waals surface area contributed by atoms with Gasteiger partial charge >= 0.3 is 6.03 Å². The van der Waals surface area contributed by atoms with Crippen molar-refractivity contribution in [1.82, 2.24) is 15.2 Å². The topological polar surface area (TPSA) is 79.4 Å². The third kappa shape index (κ3) is 2.02. The number of imide groups is 2. The molecule has 1 atom stereocenters. The molecule has 1 aliphatic carbocycles. The van der Waals surface area contributed by atoms with Crippen molar-refractivity contribution in [3.63, 3.8) is 0 Å². The Morgan fingerprint density at radius 1 is 1.24 bits per heavy atom. The largest absolute Gasteiger partial charge is 0.331 e. The highest BCUT2D eigenvalue weighted by Crippen LogP contribution is 2.43. The zero-order valence-electron chi connectivity index (χ0n) is 11.8. The summed E-state index contributed by atoms with van der Waals surface area (Å²) in [5.41, 5.74) is -0.430. The second-order valence-corrected chi connectivity index (χ2v) is 5.65. The van der Waals surface area contributed by atoms with Crippen LogP contribution in [-0.4, -0.2) is 27.7 Å². The third-order valence-corrected chi connectivity index (χ3v) is 4.46. The molecule has 110 valence electrons. The fourth-order valence-electron chi connectivity index (χ4n) is 3.22. The summed E-state index contributed by atoms with van der Waals surface area (Å²) < 4.78 is 0. The minimum absolute atomic E-state index is 0.382. The maximum absolute atomic E-state index is 12.8. The van der Waals surface area contributed by atoms with Gasteiger partial charge in [-0.15, -0.1) is 0 Å². The third-order valence-electron chi connectivity index (χ3n) is 4.46. The molecular weight excluding hydrogens is 270 g/mol. The molecular formula is C15H17N3O3. The van der Waals surface area contributed by atoms with Gasteiger partial charge in [0.2, 0.25) is 11.8 Å². The molecule has 2 heterocycles. The molecule has 1 aliphatic heterocycles. The average molecular weight is 287 g/mol. The monoisotopic (exact) mass is 287 g/mol. The maximum Gasteiger partial charge on any atom is 0.331 e. The predicted molar refractivity (Wildman–Crippen MR) is 73.9 cm³/mol. The van der Waals surface area contributed by atoms with Gasteiger partial charge in [-0.2, -0.15) is 0 Å². The Hall–Kier alpha value is -2.24. The lowest BCUT2D eigenvalue weighted by Crippen LogP contribution is -2.63.